The summed E-state index contributed by atoms with van der Waals surface area (Å²) < 4.78 is 31.8. The Morgan fingerprint density at radius 2 is 1.90 bits per heavy atom. The van der Waals surface area contributed by atoms with E-state index in [0.717, 1.165) is 32.1 Å². The highest BCUT2D eigenvalue weighted by Crippen LogP contribution is 2.77. The van der Waals surface area contributed by atoms with Gasteiger partial charge in [0.25, 0.3) is 0 Å². The van der Waals surface area contributed by atoms with E-state index in [1.54, 1.807) is 19.9 Å². The average molecular weight is 450 g/mol. The van der Waals surface area contributed by atoms with Crippen LogP contribution >= 0.6 is 0 Å². The number of aliphatic hydroxyl groups is 2. The summed E-state index contributed by atoms with van der Waals surface area (Å²) in [4.78, 5) is 0. The summed E-state index contributed by atoms with van der Waals surface area (Å²) in [5.74, 6) is 1.24. The van der Waals surface area contributed by atoms with Crippen LogP contribution in [0.3, 0.4) is 0 Å². The second-order valence-corrected chi connectivity index (χ2v) is 11.9. The van der Waals surface area contributed by atoms with Crippen molar-refractivity contribution in [2.45, 2.75) is 83.3 Å². The van der Waals surface area contributed by atoms with Gasteiger partial charge in [-0.1, -0.05) is 26.8 Å². The van der Waals surface area contributed by atoms with Gasteiger partial charge in [0.2, 0.25) is 0 Å². The van der Waals surface area contributed by atoms with Crippen molar-refractivity contribution in [1.29, 1.82) is 0 Å². The molecule has 172 valence electrons. The number of hydrogen-bond acceptors (Lipinski definition) is 5. The zero-order valence-corrected chi connectivity index (χ0v) is 19.6. The minimum Gasteiger partial charge on any atom is -0.390 e. The topological polar surface area (TPSA) is 87.1 Å². The van der Waals surface area contributed by atoms with Crippen molar-refractivity contribution in [2.24, 2.45) is 16.7 Å². The molecule has 1 aromatic carbocycles. The Hall–Kier alpha value is -1.15. The summed E-state index contributed by atoms with van der Waals surface area (Å²) >= 11 is 0. The van der Waals surface area contributed by atoms with Crippen LogP contribution < -0.4 is 4.18 Å². The van der Waals surface area contributed by atoms with Crippen LogP contribution in [-0.2, 0) is 16.7 Å². The third-order valence-corrected chi connectivity index (χ3v) is 11.3. The Labute approximate surface area is 185 Å². The van der Waals surface area contributed by atoms with Crippen molar-refractivity contribution in [2.75, 3.05) is 13.1 Å². The molecule has 4 aliphatic carbocycles. The molecule has 31 heavy (non-hydrogen) atoms. The van der Waals surface area contributed by atoms with Gasteiger partial charge in [-0.2, -0.15) is 12.7 Å². The minimum atomic E-state index is -3.79. The third kappa shape index (κ3) is 2.69. The lowest BCUT2D eigenvalue weighted by atomic mass is 9.48. The fourth-order valence-corrected chi connectivity index (χ4v) is 9.19. The maximum Gasteiger partial charge on any atom is 0.385 e. The van der Waals surface area contributed by atoms with Crippen LogP contribution in [0.5, 0.6) is 5.75 Å². The minimum absolute atomic E-state index is 0.00301. The second-order valence-electron chi connectivity index (χ2n) is 10.4. The van der Waals surface area contributed by atoms with Crippen LogP contribution in [0, 0.1) is 16.7 Å². The fraction of sp³-hybridized carbons (Fsp3) is 0.750. The van der Waals surface area contributed by atoms with E-state index in [4.69, 9.17) is 4.18 Å². The zero-order chi connectivity index (χ0) is 22.2. The second kappa shape index (κ2) is 6.92. The van der Waals surface area contributed by atoms with E-state index in [2.05, 4.69) is 13.0 Å². The normalized spacial score (nSPS) is 41.0. The van der Waals surface area contributed by atoms with Crippen LogP contribution in [0.1, 0.15) is 76.3 Å². The van der Waals surface area contributed by atoms with Crippen LogP contribution in [0.4, 0.5) is 0 Å². The van der Waals surface area contributed by atoms with Crippen LogP contribution in [0.2, 0.25) is 0 Å². The first-order chi connectivity index (χ1) is 14.6. The van der Waals surface area contributed by atoms with E-state index >= 15 is 0 Å². The predicted molar refractivity (Wildman–Crippen MR) is 118 cm³/mol. The van der Waals surface area contributed by atoms with Crippen molar-refractivity contribution in [3.05, 3.63) is 29.3 Å². The van der Waals surface area contributed by atoms with Gasteiger partial charge in [0.05, 0.1) is 11.7 Å². The Balaban J connectivity index is 1.44. The number of fused-ring (bicyclic) bond motifs is 3. The van der Waals surface area contributed by atoms with Gasteiger partial charge in [0.1, 0.15) is 5.75 Å². The SMILES string of the molecule is CCN(CC)S(=O)(=O)Oc1ccc2c(c1)CC[C@@H]1[C@@H]2CC[C@@]2(C)[C@]13CC[C@@]2(O)[C@H](O)C3. The molecule has 3 saturated carbocycles. The molecule has 0 radical (unpaired) electrons. The number of hydrogen-bond donors (Lipinski definition) is 2. The molecule has 4 aliphatic rings. The molecule has 5 rings (SSSR count). The van der Waals surface area contributed by atoms with E-state index in [-0.39, 0.29) is 10.8 Å². The van der Waals surface area contributed by atoms with E-state index in [1.165, 1.54) is 15.4 Å². The summed E-state index contributed by atoms with van der Waals surface area (Å²) in [6.45, 7) is 6.59. The maximum atomic E-state index is 12.5. The van der Waals surface area contributed by atoms with Crippen molar-refractivity contribution in [3.63, 3.8) is 0 Å². The monoisotopic (exact) mass is 449 g/mol. The first kappa shape index (κ1) is 21.7. The maximum absolute atomic E-state index is 12.5. The van der Waals surface area contributed by atoms with E-state index in [1.807, 2.05) is 6.07 Å². The molecule has 1 aromatic rings. The smallest absolute Gasteiger partial charge is 0.385 e. The molecule has 0 spiro atoms. The molecule has 0 unspecified atom stereocenters. The Morgan fingerprint density at radius 1 is 1.16 bits per heavy atom. The molecular weight excluding hydrogens is 414 g/mol. The summed E-state index contributed by atoms with van der Waals surface area (Å²) in [5.41, 5.74) is 1.34. The molecule has 0 aliphatic heterocycles. The highest BCUT2D eigenvalue weighted by atomic mass is 32.2. The molecule has 0 amide bonds. The lowest BCUT2D eigenvalue weighted by molar-refractivity contribution is -0.129. The van der Waals surface area contributed by atoms with Crippen LogP contribution in [0.15, 0.2) is 18.2 Å². The molecule has 2 bridgehead atoms. The highest BCUT2D eigenvalue weighted by Gasteiger charge is 2.76. The molecule has 7 heteroatoms. The number of nitrogens with zero attached hydrogens (tertiary/aromatic N) is 1. The van der Waals surface area contributed by atoms with Gasteiger partial charge < -0.3 is 14.4 Å². The molecular formula is C24H35NO5S. The van der Waals surface area contributed by atoms with E-state index < -0.39 is 22.0 Å². The van der Waals surface area contributed by atoms with Gasteiger partial charge in [-0.05, 0) is 85.5 Å². The summed E-state index contributed by atoms with van der Waals surface area (Å²) in [7, 11) is -3.79. The molecule has 0 heterocycles. The number of aliphatic hydroxyl groups excluding tert-OH is 1. The summed E-state index contributed by atoms with van der Waals surface area (Å²) in [6.07, 6.45) is 5.62. The Morgan fingerprint density at radius 3 is 2.58 bits per heavy atom. The van der Waals surface area contributed by atoms with Crippen molar-refractivity contribution < 1.29 is 22.8 Å². The summed E-state index contributed by atoms with van der Waals surface area (Å²) in [5, 5.41) is 22.1. The van der Waals surface area contributed by atoms with E-state index in [0.29, 0.717) is 43.5 Å². The number of benzene rings is 1. The largest absolute Gasteiger partial charge is 0.390 e. The van der Waals surface area contributed by atoms with Crippen molar-refractivity contribution >= 4 is 10.3 Å². The molecule has 0 aromatic heterocycles. The summed E-state index contributed by atoms with van der Waals surface area (Å²) in [6, 6.07) is 5.76. The van der Waals surface area contributed by atoms with Crippen molar-refractivity contribution in [3.8, 4) is 5.75 Å². The van der Waals surface area contributed by atoms with Gasteiger partial charge in [0.15, 0.2) is 0 Å². The quantitative estimate of drug-likeness (QED) is 0.720. The molecule has 2 N–H and O–H groups in total. The third-order valence-electron chi connectivity index (χ3n) is 9.73. The van der Waals surface area contributed by atoms with Gasteiger partial charge in [-0.25, -0.2) is 0 Å². The van der Waals surface area contributed by atoms with Gasteiger partial charge >= 0.3 is 10.3 Å². The average Bonchev–Trinajstić information content (AvgIpc) is 3.06. The molecule has 6 atom stereocenters. The predicted octanol–water partition coefficient (Wildman–Crippen LogP) is 3.37. The number of rotatable bonds is 5. The van der Waals surface area contributed by atoms with Crippen LogP contribution in [-0.4, -0.2) is 47.7 Å². The first-order valence-corrected chi connectivity index (χ1v) is 13.2. The van der Waals surface area contributed by atoms with Gasteiger partial charge in [-0.15, -0.1) is 0 Å². The van der Waals surface area contributed by atoms with Gasteiger partial charge in [-0.3, -0.25) is 0 Å². The van der Waals surface area contributed by atoms with E-state index in [9.17, 15) is 18.6 Å². The molecule has 0 saturated heterocycles. The van der Waals surface area contributed by atoms with Gasteiger partial charge in [0, 0.05) is 18.5 Å². The number of aryl methyl sites for hydroxylation is 1. The highest BCUT2D eigenvalue weighted by molar-refractivity contribution is 7.84. The fourth-order valence-electron chi connectivity index (χ4n) is 8.10. The lowest BCUT2D eigenvalue weighted by Crippen LogP contribution is -2.53. The molecule has 6 nitrogen and oxygen atoms in total. The standard InChI is InChI=1S/C24H35NO5S/c1-4-25(5-2)31(28,29)30-17-7-8-18-16(14-17)6-9-20-19(18)10-11-22(3)23(20)12-13-24(22,27)21(26)15-23/h7-8,14,19-21,26-27H,4-6,9-13,15H2,1-3H3/t19-,20-,21-,22+,23+,24-/m1/s1. The first-order valence-electron chi connectivity index (χ1n) is 11.8. The Bertz CT molecular complexity index is 992. The molecule has 3 fully saturated rings. The lowest BCUT2D eigenvalue weighted by Gasteiger charge is -2.56. The van der Waals surface area contributed by atoms with Crippen LogP contribution in [0.25, 0.3) is 0 Å². The zero-order valence-electron chi connectivity index (χ0n) is 18.8. The van der Waals surface area contributed by atoms with Crippen molar-refractivity contribution in [1.82, 2.24) is 4.31 Å². The Kier molecular flexibility index (Phi) is 4.84.